The van der Waals surface area contributed by atoms with Gasteiger partial charge in [-0.1, -0.05) is 0 Å². The lowest BCUT2D eigenvalue weighted by Gasteiger charge is -2.32. The van der Waals surface area contributed by atoms with E-state index in [0.29, 0.717) is 19.2 Å². The van der Waals surface area contributed by atoms with Gasteiger partial charge < -0.3 is 4.90 Å². The van der Waals surface area contributed by atoms with Crippen molar-refractivity contribution in [2.75, 3.05) is 18.0 Å². The zero-order valence-corrected chi connectivity index (χ0v) is 10.7. The van der Waals surface area contributed by atoms with E-state index in [-0.39, 0.29) is 5.69 Å². The Labute approximate surface area is 111 Å². The fraction of sp³-hybridized carbons (Fsp3) is 0.400. The van der Waals surface area contributed by atoms with Crippen LogP contribution in [-0.4, -0.2) is 31.9 Å². The fourth-order valence-electron chi connectivity index (χ4n) is 1.77. The number of anilines is 1. The fourth-order valence-corrected chi connectivity index (χ4v) is 2.56. The van der Waals surface area contributed by atoms with Crippen LogP contribution in [0.5, 0.6) is 0 Å². The van der Waals surface area contributed by atoms with Gasteiger partial charge in [-0.2, -0.15) is 13.2 Å². The monoisotopic (exact) mass is 310 g/mol. The minimum absolute atomic E-state index is 0.127. The van der Waals surface area contributed by atoms with Crippen molar-refractivity contribution in [3.63, 3.8) is 0 Å². The Kier molecular flexibility index (Phi) is 3.36. The molecule has 10 heteroatoms. The van der Waals surface area contributed by atoms with Gasteiger partial charge in [0.15, 0.2) is 0 Å². The number of halogens is 3. The molecule has 0 unspecified atom stereocenters. The van der Waals surface area contributed by atoms with Gasteiger partial charge in [-0.15, -0.1) is 0 Å². The minimum Gasteiger partial charge on any atom is -0.366 e. The van der Waals surface area contributed by atoms with Gasteiger partial charge in [0.25, 0.3) is 15.5 Å². The molecule has 6 nitrogen and oxygen atoms in total. The van der Waals surface area contributed by atoms with Gasteiger partial charge in [0, 0.05) is 19.2 Å². The summed E-state index contributed by atoms with van der Waals surface area (Å²) in [4.78, 5) is 10.5. The van der Waals surface area contributed by atoms with Gasteiger partial charge in [0.2, 0.25) is 0 Å². The summed E-state index contributed by atoms with van der Waals surface area (Å²) >= 11 is 0. The van der Waals surface area contributed by atoms with Gasteiger partial charge >= 0.3 is 5.51 Å². The van der Waals surface area contributed by atoms with Crippen molar-refractivity contribution < 1.29 is 26.5 Å². The Morgan fingerprint density at radius 2 is 1.85 bits per heavy atom. The highest BCUT2D eigenvalue weighted by molar-refractivity contribution is 7.92. The first-order valence-corrected chi connectivity index (χ1v) is 6.97. The van der Waals surface area contributed by atoms with Crippen LogP contribution in [0.2, 0.25) is 0 Å². The predicted molar refractivity (Wildman–Crippen MR) is 63.2 cm³/mol. The molecule has 1 aromatic carbocycles. The molecule has 1 fully saturated rings. The van der Waals surface area contributed by atoms with Crippen LogP contribution in [0.25, 0.3) is 0 Å². The van der Waals surface area contributed by atoms with Crippen LogP contribution < -0.4 is 4.90 Å². The molecule has 0 bridgehead atoms. The molecule has 110 valence electrons. The number of sulfone groups is 1. The van der Waals surface area contributed by atoms with E-state index in [4.69, 9.17) is 0 Å². The molecule has 1 saturated heterocycles. The van der Waals surface area contributed by atoms with E-state index in [2.05, 4.69) is 0 Å². The highest BCUT2D eigenvalue weighted by atomic mass is 32.2. The van der Waals surface area contributed by atoms with Crippen molar-refractivity contribution in [1.82, 2.24) is 0 Å². The number of alkyl halides is 3. The molecule has 0 radical (unpaired) electrons. The Balaban J connectivity index is 2.54. The molecule has 1 aliphatic heterocycles. The number of hydrogen-bond acceptors (Lipinski definition) is 5. The summed E-state index contributed by atoms with van der Waals surface area (Å²) in [7, 11) is -5.59. The summed E-state index contributed by atoms with van der Waals surface area (Å²) in [6.45, 7) is 1.10. The van der Waals surface area contributed by atoms with Crippen molar-refractivity contribution in [1.29, 1.82) is 0 Å². The molecule has 0 saturated carbocycles. The molecular weight excluding hydrogens is 301 g/mol. The highest BCUT2D eigenvalue weighted by Gasteiger charge is 2.47. The Morgan fingerprint density at radius 1 is 1.25 bits per heavy atom. The van der Waals surface area contributed by atoms with E-state index in [1.54, 1.807) is 4.90 Å². The second kappa shape index (κ2) is 4.62. The Hall–Kier alpha value is -1.84. The molecule has 0 aromatic heterocycles. The third-order valence-electron chi connectivity index (χ3n) is 2.96. The SMILES string of the molecule is O=[N+]([O-])c1cc(S(=O)(=O)C(F)(F)F)ccc1N1CCC1. The molecule has 0 N–H and O–H groups in total. The van der Waals surface area contributed by atoms with Crippen LogP contribution in [0.4, 0.5) is 24.5 Å². The molecule has 0 amide bonds. The third kappa shape index (κ3) is 2.30. The smallest absolute Gasteiger partial charge is 0.366 e. The third-order valence-corrected chi connectivity index (χ3v) is 4.44. The molecular formula is C10H9F3N2O4S. The summed E-state index contributed by atoms with van der Waals surface area (Å²) < 4.78 is 59.7. The lowest BCUT2D eigenvalue weighted by atomic mass is 10.1. The topological polar surface area (TPSA) is 80.5 Å². The number of rotatable bonds is 3. The van der Waals surface area contributed by atoms with Crippen LogP contribution >= 0.6 is 0 Å². The number of benzene rings is 1. The molecule has 20 heavy (non-hydrogen) atoms. The average Bonchev–Trinajstić information content (AvgIpc) is 2.25. The summed E-state index contributed by atoms with van der Waals surface area (Å²) in [5.74, 6) is 0. The van der Waals surface area contributed by atoms with Crippen molar-refractivity contribution in [2.24, 2.45) is 0 Å². The van der Waals surface area contributed by atoms with Crippen molar-refractivity contribution in [3.8, 4) is 0 Å². The number of nitro groups is 1. The van der Waals surface area contributed by atoms with Crippen LogP contribution in [0.1, 0.15) is 6.42 Å². The average molecular weight is 310 g/mol. The van der Waals surface area contributed by atoms with Gasteiger partial charge in [-0.3, -0.25) is 10.1 Å². The quantitative estimate of drug-likeness (QED) is 0.631. The van der Waals surface area contributed by atoms with Gasteiger partial charge in [-0.25, -0.2) is 8.42 Å². The zero-order valence-electron chi connectivity index (χ0n) is 9.92. The van der Waals surface area contributed by atoms with E-state index >= 15 is 0 Å². The Bertz CT molecular complexity index is 653. The largest absolute Gasteiger partial charge is 0.501 e. The maximum Gasteiger partial charge on any atom is 0.501 e. The summed E-state index contributed by atoms with van der Waals surface area (Å²) in [6, 6.07) is 2.23. The maximum absolute atomic E-state index is 12.4. The first-order chi connectivity index (χ1) is 9.14. The van der Waals surface area contributed by atoms with Crippen molar-refractivity contribution in [3.05, 3.63) is 28.3 Å². The lowest BCUT2D eigenvalue weighted by molar-refractivity contribution is -0.384. The lowest BCUT2D eigenvalue weighted by Crippen LogP contribution is -2.37. The molecule has 1 aromatic rings. The van der Waals surface area contributed by atoms with Crippen molar-refractivity contribution >= 4 is 21.2 Å². The standard InChI is InChI=1S/C10H9F3N2O4S/c11-10(12,13)20(18,19)7-2-3-8(14-4-1-5-14)9(6-7)15(16)17/h2-3,6H,1,4-5H2. The van der Waals surface area contributed by atoms with Crippen molar-refractivity contribution in [2.45, 2.75) is 16.8 Å². The summed E-state index contributed by atoms with van der Waals surface area (Å²) in [5.41, 5.74) is -6.00. The molecule has 0 atom stereocenters. The number of nitrogens with zero attached hydrogens (tertiary/aromatic N) is 2. The second-order valence-corrected chi connectivity index (χ2v) is 6.14. The molecule has 1 heterocycles. The van der Waals surface area contributed by atoms with Crippen LogP contribution in [-0.2, 0) is 9.84 Å². The maximum atomic E-state index is 12.4. The normalized spacial score (nSPS) is 15.8. The van der Waals surface area contributed by atoms with E-state index in [1.807, 2.05) is 0 Å². The molecule has 1 aliphatic rings. The predicted octanol–water partition coefficient (Wildman–Crippen LogP) is 2.10. The van der Waals surface area contributed by atoms with E-state index in [9.17, 15) is 31.7 Å². The molecule has 2 rings (SSSR count). The summed E-state index contributed by atoms with van der Waals surface area (Å²) in [6.07, 6.45) is 0.819. The molecule has 0 spiro atoms. The summed E-state index contributed by atoms with van der Waals surface area (Å²) in [5, 5.41) is 10.9. The van der Waals surface area contributed by atoms with Crippen LogP contribution in [0.3, 0.4) is 0 Å². The number of hydrogen-bond donors (Lipinski definition) is 0. The molecule has 0 aliphatic carbocycles. The van der Waals surface area contributed by atoms with E-state index in [1.165, 1.54) is 0 Å². The van der Waals surface area contributed by atoms with Gasteiger partial charge in [-0.05, 0) is 18.6 Å². The number of nitro benzene ring substituents is 1. The minimum atomic E-state index is -5.59. The van der Waals surface area contributed by atoms with Crippen LogP contribution in [0, 0.1) is 10.1 Å². The van der Waals surface area contributed by atoms with E-state index < -0.39 is 30.9 Å². The van der Waals surface area contributed by atoms with Crippen LogP contribution in [0.15, 0.2) is 23.1 Å². The zero-order chi connectivity index (χ0) is 15.1. The van der Waals surface area contributed by atoms with E-state index in [0.717, 1.165) is 18.6 Å². The van der Waals surface area contributed by atoms with Gasteiger partial charge in [0.1, 0.15) is 5.69 Å². The second-order valence-electron chi connectivity index (χ2n) is 4.20. The van der Waals surface area contributed by atoms with Gasteiger partial charge in [0.05, 0.1) is 9.82 Å². The Morgan fingerprint density at radius 3 is 2.25 bits per heavy atom. The highest BCUT2D eigenvalue weighted by Crippen LogP contribution is 2.37. The first kappa shape index (κ1) is 14.6. The first-order valence-electron chi connectivity index (χ1n) is 5.49.